The van der Waals surface area contributed by atoms with Gasteiger partial charge in [0, 0.05) is 30.8 Å². The highest BCUT2D eigenvalue weighted by Crippen LogP contribution is 2.21. The molecule has 1 fully saturated rings. The second-order valence-corrected chi connectivity index (χ2v) is 6.82. The number of hydrogen-bond acceptors (Lipinski definition) is 4. The fraction of sp³-hybridized carbons (Fsp3) is 0.368. The van der Waals surface area contributed by atoms with Crippen molar-refractivity contribution in [2.45, 2.75) is 18.1 Å². The van der Waals surface area contributed by atoms with Crippen LogP contribution in [0.3, 0.4) is 0 Å². The minimum Gasteiger partial charge on any atom is -0.376 e. The van der Waals surface area contributed by atoms with Gasteiger partial charge in [-0.1, -0.05) is 30.3 Å². The summed E-state index contributed by atoms with van der Waals surface area (Å²) < 4.78 is 5.82. The number of ether oxygens (including phenoxy) is 1. The Bertz CT molecular complexity index is 678. The van der Waals surface area contributed by atoms with Crippen LogP contribution < -0.4 is 0 Å². The van der Waals surface area contributed by atoms with Crippen LogP contribution >= 0.6 is 11.8 Å². The quantitative estimate of drug-likeness (QED) is 0.754. The fourth-order valence-corrected chi connectivity index (χ4v) is 3.32. The van der Waals surface area contributed by atoms with Crippen molar-refractivity contribution in [2.75, 3.05) is 26.0 Å². The SMILES string of the molecule is CSc1cc(C(=O)N2CC[C@@H](COCc3ccccc3)C2)ccn1. The molecular formula is C19H22N2O2S. The highest BCUT2D eigenvalue weighted by atomic mass is 32.2. The van der Waals surface area contributed by atoms with Gasteiger partial charge in [-0.15, -0.1) is 11.8 Å². The molecule has 5 heteroatoms. The van der Waals surface area contributed by atoms with E-state index in [1.54, 1.807) is 24.0 Å². The Morgan fingerprint density at radius 3 is 2.96 bits per heavy atom. The molecule has 1 amide bonds. The van der Waals surface area contributed by atoms with Crippen LogP contribution in [0.4, 0.5) is 0 Å². The van der Waals surface area contributed by atoms with Gasteiger partial charge >= 0.3 is 0 Å². The minimum atomic E-state index is 0.0956. The average molecular weight is 342 g/mol. The zero-order chi connectivity index (χ0) is 16.8. The molecule has 1 aliphatic heterocycles. The first-order chi connectivity index (χ1) is 11.8. The molecule has 1 aromatic heterocycles. The van der Waals surface area contributed by atoms with Crippen molar-refractivity contribution in [3.8, 4) is 0 Å². The predicted octanol–water partition coefficient (Wildman–Crippen LogP) is 3.48. The van der Waals surface area contributed by atoms with Crippen LogP contribution in [0.5, 0.6) is 0 Å². The Morgan fingerprint density at radius 1 is 1.33 bits per heavy atom. The molecule has 1 atom stereocenters. The van der Waals surface area contributed by atoms with E-state index in [0.717, 1.165) is 30.1 Å². The number of carbonyl (C=O) groups is 1. The van der Waals surface area contributed by atoms with Crippen LogP contribution in [-0.2, 0) is 11.3 Å². The van der Waals surface area contributed by atoms with Crippen LogP contribution in [0.15, 0.2) is 53.7 Å². The number of thioether (sulfide) groups is 1. The minimum absolute atomic E-state index is 0.0956. The second kappa shape index (κ2) is 8.31. The molecule has 3 rings (SSSR count). The normalized spacial score (nSPS) is 17.2. The van der Waals surface area contributed by atoms with E-state index in [2.05, 4.69) is 17.1 Å². The number of aromatic nitrogens is 1. The van der Waals surface area contributed by atoms with Crippen LogP contribution in [0.1, 0.15) is 22.3 Å². The van der Waals surface area contributed by atoms with Crippen LogP contribution in [-0.4, -0.2) is 41.7 Å². The summed E-state index contributed by atoms with van der Waals surface area (Å²) in [6, 6.07) is 13.8. The topological polar surface area (TPSA) is 42.4 Å². The number of pyridine rings is 1. The van der Waals surface area contributed by atoms with Gasteiger partial charge in [0.2, 0.25) is 0 Å². The molecule has 0 radical (unpaired) electrons. The highest BCUT2D eigenvalue weighted by molar-refractivity contribution is 7.98. The summed E-state index contributed by atoms with van der Waals surface area (Å²) in [5.41, 5.74) is 1.91. The first kappa shape index (κ1) is 17.0. The maximum absolute atomic E-state index is 12.6. The summed E-state index contributed by atoms with van der Waals surface area (Å²) in [5, 5.41) is 0.878. The van der Waals surface area contributed by atoms with E-state index in [4.69, 9.17) is 4.74 Å². The van der Waals surface area contributed by atoms with Gasteiger partial charge in [0.05, 0.1) is 18.2 Å². The summed E-state index contributed by atoms with van der Waals surface area (Å²) in [4.78, 5) is 18.8. The largest absolute Gasteiger partial charge is 0.376 e. The molecule has 0 saturated carbocycles. The van der Waals surface area contributed by atoms with Gasteiger partial charge in [0.1, 0.15) is 0 Å². The number of likely N-dealkylation sites (tertiary alicyclic amines) is 1. The van der Waals surface area contributed by atoms with E-state index in [1.807, 2.05) is 35.4 Å². The van der Waals surface area contributed by atoms with Gasteiger partial charge in [-0.2, -0.15) is 0 Å². The summed E-state index contributed by atoms with van der Waals surface area (Å²) in [7, 11) is 0. The van der Waals surface area contributed by atoms with Crippen molar-refractivity contribution in [3.63, 3.8) is 0 Å². The lowest BCUT2D eigenvalue weighted by molar-refractivity contribution is 0.0732. The molecule has 126 valence electrons. The van der Waals surface area contributed by atoms with Crippen molar-refractivity contribution in [1.82, 2.24) is 9.88 Å². The van der Waals surface area contributed by atoms with Crippen molar-refractivity contribution in [3.05, 3.63) is 59.8 Å². The van der Waals surface area contributed by atoms with Gasteiger partial charge in [-0.05, 0) is 30.4 Å². The lowest BCUT2D eigenvalue weighted by Crippen LogP contribution is -2.29. The van der Waals surface area contributed by atoms with E-state index < -0.39 is 0 Å². The smallest absolute Gasteiger partial charge is 0.254 e. The Labute approximate surface area is 147 Å². The molecule has 0 aliphatic carbocycles. The Kier molecular flexibility index (Phi) is 5.88. The van der Waals surface area contributed by atoms with Crippen molar-refractivity contribution < 1.29 is 9.53 Å². The van der Waals surface area contributed by atoms with Gasteiger partial charge < -0.3 is 9.64 Å². The maximum atomic E-state index is 12.6. The van der Waals surface area contributed by atoms with E-state index in [0.29, 0.717) is 19.1 Å². The first-order valence-corrected chi connectivity index (χ1v) is 9.39. The van der Waals surface area contributed by atoms with Crippen molar-refractivity contribution >= 4 is 17.7 Å². The molecule has 2 heterocycles. The summed E-state index contributed by atoms with van der Waals surface area (Å²) in [5.74, 6) is 0.512. The van der Waals surface area contributed by atoms with Gasteiger partial charge in [0.25, 0.3) is 5.91 Å². The van der Waals surface area contributed by atoms with E-state index >= 15 is 0 Å². The zero-order valence-electron chi connectivity index (χ0n) is 13.9. The number of amides is 1. The van der Waals surface area contributed by atoms with Crippen LogP contribution in [0.2, 0.25) is 0 Å². The molecule has 0 spiro atoms. The Balaban J connectivity index is 1.48. The molecule has 0 bridgehead atoms. The monoisotopic (exact) mass is 342 g/mol. The number of hydrogen-bond donors (Lipinski definition) is 0. The van der Waals surface area contributed by atoms with Crippen molar-refractivity contribution in [2.24, 2.45) is 5.92 Å². The number of benzene rings is 1. The van der Waals surface area contributed by atoms with Crippen LogP contribution in [0.25, 0.3) is 0 Å². The lowest BCUT2D eigenvalue weighted by atomic mass is 10.1. The molecule has 2 aromatic rings. The van der Waals surface area contributed by atoms with Gasteiger partial charge in [-0.25, -0.2) is 4.98 Å². The van der Waals surface area contributed by atoms with Gasteiger partial charge in [0.15, 0.2) is 0 Å². The molecule has 4 nitrogen and oxygen atoms in total. The Morgan fingerprint density at radius 2 is 2.17 bits per heavy atom. The molecular weight excluding hydrogens is 320 g/mol. The molecule has 1 saturated heterocycles. The lowest BCUT2D eigenvalue weighted by Gasteiger charge is -2.17. The number of rotatable bonds is 6. The third-order valence-corrected chi connectivity index (χ3v) is 4.87. The average Bonchev–Trinajstić information content (AvgIpc) is 3.11. The third-order valence-electron chi connectivity index (χ3n) is 4.23. The van der Waals surface area contributed by atoms with E-state index in [-0.39, 0.29) is 5.91 Å². The fourth-order valence-electron chi connectivity index (χ4n) is 2.91. The molecule has 0 N–H and O–H groups in total. The maximum Gasteiger partial charge on any atom is 0.254 e. The number of nitrogens with zero attached hydrogens (tertiary/aromatic N) is 2. The standard InChI is InChI=1S/C19H22N2O2S/c1-24-18-11-17(7-9-20-18)19(22)21-10-8-16(12-21)14-23-13-15-5-3-2-4-6-15/h2-7,9,11,16H,8,10,12-14H2,1H3/t16-/m1/s1. The second-order valence-electron chi connectivity index (χ2n) is 5.99. The van der Waals surface area contributed by atoms with Crippen LogP contribution in [0, 0.1) is 5.92 Å². The number of carbonyl (C=O) groups excluding carboxylic acids is 1. The molecule has 0 unspecified atom stereocenters. The highest BCUT2D eigenvalue weighted by Gasteiger charge is 2.27. The first-order valence-electron chi connectivity index (χ1n) is 8.17. The van der Waals surface area contributed by atoms with E-state index in [9.17, 15) is 4.79 Å². The molecule has 1 aliphatic rings. The Hall–Kier alpha value is -1.85. The molecule has 24 heavy (non-hydrogen) atoms. The summed E-state index contributed by atoms with van der Waals surface area (Å²) in [6.45, 7) is 2.90. The predicted molar refractivity (Wildman–Crippen MR) is 96.1 cm³/mol. The van der Waals surface area contributed by atoms with Crippen molar-refractivity contribution in [1.29, 1.82) is 0 Å². The zero-order valence-corrected chi connectivity index (χ0v) is 14.7. The third kappa shape index (κ3) is 4.36. The molecule has 1 aromatic carbocycles. The summed E-state index contributed by atoms with van der Waals surface area (Å²) in [6.07, 6.45) is 4.67. The van der Waals surface area contributed by atoms with E-state index in [1.165, 1.54) is 5.56 Å². The van der Waals surface area contributed by atoms with Gasteiger partial charge in [-0.3, -0.25) is 4.79 Å². The summed E-state index contributed by atoms with van der Waals surface area (Å²) >= 11 is 1.55.